The van der Waals surface area contributed by atoms with Gasteiger partial charge in [0.15, 0.2) is 5.13 Å². The number of nitrogens with zero attached hydrogens (tertiary/aromatic N) is 2. The van der Waals surface area contributed by atoms with Crippen LogP contribution in [0.4, 0.5) is 5.13 Å². The fraction of sp³-hybridized carbons (Fsp3) is 0.429. The van der Waals surface area contributed by atoms with Crippen LogP contribution in [0.25, 0.3) is 10.2 Å². The van der Waals surface area contributed by atoms with E-state index in [-0.39, 0.29) is 17.8 Å². The number of aromatic nitrogens is 1. The van der Waals surface area contributed by atoms with Gasteiger partial charge in [0.25, 0.3) is 0 Å². The molecule has 3 rings (SSSR count). The Hall–Kier alpha value is -1.33. The van der Waals surface area contributed by atoms with Crippen LogP contribution in [0.5, 0.6) is 0 Å². The number of fused-ring (bicyclic) bond motifs is 1. The molecule has 1 aromatic heterocycles. The summed E-state index contributed by atoms with van der Waals surface area (Å²) in [5.74, 6) is -0.0692. The Morgan fingerprint density at radius 1 is 1.50 bits per heavy atom. The molecule has 1 unspecified atom stereocenters. The molecule has 1 saturated heterocycles. The van der Waals surface area contributed by atoms with E-state index < -0.39 is 0 Å². The Balaban J connectivity index is 1.74. The number of amides is 1. The standard InChI is InChI=1S/C14H16ClN3OS/c15-8-13(19)16-10-4-3-7-18(9-10)14-17-11-5-1-2-6-12(11)20-14/h1-2,5-6,10H,3-4,7-9H2,(H,16,19). The van der Waals surface area contributed by atoms with Gasteiger partial charge in [0.1, 0.15) is 5.88 Å². The summed E-state index contributed by atoms with van der Waals surface area (Å²) in [5.41, 5.74) is 1.04. The number of alkyl halides is 1. The van der Waals surface area contributed by atoms with Crippen LogP contribution in [-0.4, -0.2) is 35.9 Å². The maximum atomic E-state index is 11.4. The average Bonchev–Trinajstić information content (AvgIpc) is 2.91. The second-order valence-electron chi connectivity index (χ2n) is 4.95. The van der Waals surface area contributed by atoms with Gasteiger partial charge in [-0.3, -0.25) is 4.79 Å². The number of hydrogen-bond donors (Lipinski definition) is 1. The average molecular weight is 310 g/mol. The number of rotatable bonds is 3. The lowest BCUT2D eigenvalue weighted by molar-refractivity contribution is -0.119. The van der Waals surface area contributed by atoms with Gasteiger partial charge < -0.3 is 10.2 Å². The molecule has 1 fully saturated rings. The first-order valence-corrected chi connectivity index (χ1v) is 8.07. The van der Waals surface area contributed by atoms with E-state index >= 15 is 0 Å². The van der Waals surface area contributed by atoms with Gasteiger partial charge in [-0.15, -0.1) is 11.6 Å². The topological polar surface area (TPSA) is 45.2 Å². The summed E-state index contributed by atoms with van der Waals surface area (Å²) >= 11 is 7.25. The van der Waals surface area contributed by atoms with Crippen LogP contribution in [0, 0.1) is 0 Å². The molecule has 0 radical (unpaired) electrons. The summed E-state index contributed by atoms with van der Waals surface area (Å²) < 4.78 is 1.20. The van der Waals surface area contributed by atoms with Crippen LogP contribution < -0.4 is 10.2 Å². The monoisotopic (exact) mass is 309 g/mol. The number of carbonyl (C=O) groups is 1. The van der Waals surface area contributed by atoms with Crippen molar-refractivity contribution in [3.8, 4) is 0 Å². The van der Waals surface area contributed by atoms with Crippen molar-refractivity contribution in [1.82, 2.24) is 10.3 Å². The highest BCUT2D eigenvalue weighted by molar-refractivity contribution is 7.22. The molecule has 6 heteroatoms. The van der Waals surface area contributed by atoms with E-state index in [1.165, 1.54) is 4.70 Å². The van der Waals surface area contributed by atoms with E-state index in [1.54, 1.807) is 11.3 Å². The minimum absolute atomic E-state index is 0.0254. The predicted octanol–water partition coefficient (Wildman–Crippen LogP) is 2.62. The number of halogens is 1. The number of piperidine rings is 1. The molecule has 0 spiro atoms. The molecule has 1 atom stereocenters. The van der Waals surface area contributed by atoms with Crippen molar-refractivity contribution < 1.29 is 4.79 Å². The Morgan fingerprint density at radius 3 is 3.15 bits per heavy atom. The lowest BCUT2D eigenvalue weighted by atomic mass is 10.1. The number of benzene rings is 1. The molecular formula is C14H16ClN3OS. The van der Waals surface area contributed by atoms with Crippen molar-refractivity contribution in [3.63, 3.8) is 0 Å². The minimum Gasteiger partial charge on any atom is -0.351 e. The molecule has 1 N–H and O–H groups in total. The van der Waals surface area contributed by atoms with Gasteiger partial charge >= 0.3 is 0 Å². The molecule has 1 aliphatic heterocycles. The van der Waals surface area contributed by atoms with Gasteiger partial charge in [0, 0.05) is 19.1 Å². The normalized spacial score (nSPS) is 19.2. The highest BCUT2D eigenvalue weighted by Gasteiger charge is 2.23. The van der Waals surface area contributed by atoms with Gasteiger partial charge in [0.05, 0.1) is 10.2 Å². The molecule has 2 aromatic rings. The number of nitrogens with one attached hydrogen (secondary N) is 1. The summed E-state index contributed by atoms with van der Waals surface area (Å²) in [7, 11) is 0. The quantitative estimate of drug-likeness (QED) is 0.887. The first-order chi connectivity index (χ1) is 9.76. The lowest BCUT2D eigenvalue weighted by Gasteiger charge is -2.32. The van der Waals surface area contributed by atoms with Crippen LogP contribution in [0.3, 0.4) is 0 Å². The van der Waals surface area contributed by atoms with E-state index in [1.807, 2.05) is 18.2 Å². The smallest absolute Gasteiger partial charge is 0.235 e. The number of thiazole rings is 1. The van der Waals surface area contributed by atoms with E-state index in [9.17, 15) is 4.79 Å². The molecule has 106 valence electrons. The van der Waals surface area contributed by atoms with E-state index in [0.717, 1.165) is 36.6 Å². The van der Waals surface area contributed by atoms with Crippen LogP contribution in [0.1, 0.15) is 12.8 Å². The molecule has 0 saturated carbocycles. The van der Waals surface area contributed by atoms with E-state index in [4.69, 9.17) is 11.6 Å². The summed E-state index contributed by atoms with van der Waals surface area (Å²) in [6.07, 6.45) is 2.06. The molecular weight excluding hydrogens is 294 g/mol. The van der Waals surface area contributed by atoms with Crippen molar-refractivity contribution in [2.75, 3.05) is 23.9 Å². The zero-order valence-electron chi connectivity index (χ0n) is 11.0. The molecule has 20 heavy (non-hydrogen) atoms. The van der Waals surface area contributed by atoms with Gasteiger partial charge in [-0.2, -0.15) is 0 Å². The summed E-state index contributed by atoms with van der Waals surface area (Å²) in [6, 6.07) is 8.33. The largest absolute Gasteiger partial charge is 0.351 e. The Morgan fingerprint density at radius 2 is 2.35 bits per heavy atom. The lowest BCUT2D eigenvalue weighted by Crippen LogP contribution is -2.48. The van der Waals surface area contributed by atoms with E-state index in [2.05, 4.69) is 21.3 Å². The second kappa shape index (κ2) is 5.97. The third-order valence-electron chi connectivity index (χ3n) is 3.46. The molecule has 1 amide bonds. The van der Waals surface area contributed by atoms with Crippen molar-refractivity contribution in [2.45, 2.75) is 18.9 Å². The van der Waals surface area contributed by atoms with Crippen molar-refractivity contribution >= 4 is 44.2 Å². The van der Waals surface area contributed by atoms with E-state index in [0.29, 0.717) is 0 Å². The zero-order valence-corrected chi connectivity index (χ0v) is 12.6. The Bertz CT molecular complexity index is 582. The minimum atomic E-state index is -0.0946. The first-order valence-electron chi connectivity index (χ1n) is 6.72. The van der Waals surface area contributed by atoms with Crippen LogP contribution in [-0.2, 0) is 4.79 Å². The molecule has 4 nitrogen and oxygen atoms in total. The Kier molecular flexibility index (Phi) is 4.08. The summed E-state index contributed by atoms with van der Waals surface area (Å²) in [6.45, 7) is 1.80. The fourth-order valence-corrected chi connectivity index (χ4v) is 3.61. The highest BCUT2D eigenvalue weighted by Crippen LogP contribution is 2.30. The molecule has 2 heterocycles. The highest BCUT2D eigenvalue weighted by atomic mass is 35.5. The fourth-order valence-electron chi connectivity index (χ4n) is 2.53. The van der Waals surface area contributed by atoms with Crippen molar-refractivity contribution in [2.24, 2.45) is 0 Å². The third kappa shape index (κ3) is 2.88. The van der Waals surface area contributed by atoms with Crippen molar-refractivity contribution in [3.05, 3.63) is 24.3 Å². The number of carbonyl (C=O) groups excluding carboxylic acids is 1. The zero-order chi connectivity index (χ0) is 13.9. The van der Waals surface area contributed by atoms with Gasteiger partial charge in [-0.25, -0.2) is 4.98 Å². The summed E-state index contributed by atoms with van der Waals surface area (Å²) in [4.78, 5) is 18.3. The third-order valence-corrected chi connectivity index (χ3v) is 4.80. The number of hydrogen-bond acceptors (Lipinski definition) is 4. The SMILES string of the molecule is O=C(CCl)NC1CCCN(c2nc3ccccc3s2)C1. The van der Waals surface area contributed by atoms with Crippen molar-refractivity contribution in [1.29, 1.82) is 0 Å². The first kappa shape index (κ1) is 13.6. The molecule has 1 aromatic carbocycles. The van der Waals surface area contributed by atoms with Crippen LogP contribution in [0.15, 0.2) is 24.3 Å². The van der Waals surface area contributed by atoms with Gasteiger partial charge in [-0.05, 0) is 25.0 Å². The molecule has 0 aliphatic carbocycles. The summed E-state index contributed by atoms with van der Waals surface area (Å²) in [5, 5.41) is 4.00. The van der Waals surface area contributed by atoms with Crippen LogP contribution >= 0.6 is 22.9 Å². The number of anilines is 1. The van der Waals surface area contributed by atoms with Gasteiger partial charge in [0.2, 0.25) is 5.91 Å². The number of para-hydroxylation sites is 1. The van der Waals surface area contributed by atoms with Crippen LogP contribution in [0.2, 0.25) is 0 Å². The molecule has 0 bridgehead atoms. The Labute approximate surface area is 126 Å². The van der Waals surface area contributed by atoms with Gasteiger partial charge in [-0.1, -0.05) is 23.5 Å². The predicted molar refractivity (Wildman–Crippen MR) is 83.7 cm³/mol. The molecule has 1 aliphatic rings. The maximum absolute atomic E-state index is 11.4. The second-order valence-corrected chi connectivity index (χ2v) is 6.23. The maximum Gasteiger partial charge on any atom is 0.235 e.